The fourth-order valence-corrected chi connectivity index (χ4v) is 8.08. The van der Waals surface area contributed by atoms with Crippen LogP contribution in [0.25, 0.3) is 93.2 Å². The molecule has 10 aromatic rings. The van der Waals surface area contributed by atoms with Crippen LogP contribution in [0.5, 0.6) is 0 Å². The first-order chi connectivity index (χ1) is 27.6. The van der Waals surface area contributed by atoms with Crippen molar-refractivity contribution in [3.63, 3.8) is 0 Å². The average Bonchev–Trinajstić information content (AvgIpc) is 3.78. The van der Waals surface area contributed by atoms with Crippen molar-refractivity contribution in [3.8, 4) is 56.9 Å². The van der Waals surface area contributed by atoms with Gasteiger partial charge in [0.1, 0.15) is 6.07 Å². The highest BCUT2D eigenvalue weighted by Crippen LogP contribution is 2.42. The first kappa shape index (κ1) is 32.4. The lowest BCUT2D eigenvalue weighted by atomic mass is 9.99. The van der Waals surface area contributed by atoms with E-state index in [1.54, 1.807) is 12.4 Å². The number of nitriles is 2. The van der Waals surface area contributed by atoms with Gasteiger partial charge in [0, 0.05) is 39.5 Å². The Balaban J connectivity index is 1.27. The minimum atomic E-state index is 0.529. The monoisotopic (exact) mass is 712 g/mol. The van der Waals surface area contributed by atoms with Crippen LogP contribution in [-0.2, 0) is 0 Å². The molecule has 10 rings (SSSR count). The predicted octanol–water partition coefficient (Wildman–Crippen LogP) is 12.6. The first-order valence-electron chi connectivity index (χ1n) is 18.2. The highest BCUT2D eigenvalue weighted by molar-refractivity contribution is 6.12. The van der Waals surface area contributed by atoms with Crippen molar-refractivity contribution in [2.24, 2.45) is 0 Å². The molecule has 0 atom stereocenters. The largest absolute Gasteiger partial charge is 0.309 e. The molecule has 6 nitrogen and oxygen atoms in total. The number of benzene rings is 7. The van der Waals surface area contributed by atoms with Crippen molar-refractivity contribution >= 4 is 49.3 Å². The number of hydrogen-bond acceptors (Lipinski definition) is 3. The van der Waals surface area contributed by atoms with Gasteiger partial charge in [-0.05, 0) is 88.5 Å². The van der Waals surface area contributed by atoms with E-state index in [2.05, 4.69) is 110 Å². The van der Waals surface area contributed by atoms with E-state index in [1.165, 1.54) is 0 Å². The number of rotatable bonds is 5. The first-order valence-corrected chi connectivity index (χ1v) is 18.2. The Kier molecular flexibility index (Phi) is 7.53. The quantitative estimate of drug-likeness (QED) is 0.167. The van der Waals surface area contributed by atoms with Crippen LogP contribution in [0.2, 0.25) is 0 Å². The van der Waals surface area contributed by atoms with E-state index in [0.717, 1.165) is 88.4 Å². The molecule has 0 radical (unpaired) electrons. The highest BCUT2D eigenvalue weighted by atomic mass is 15.0. The maximum Gasteiger partial charge on any atom is 0.187 e. The zero-order valence-electron chi connectivity index (χ0n) is 29.8. The third-order valence-corrected chi connectivity index (χ3v) is 10.7. The maximum atomic E-state index is 11.1. The average molecular weight is 713 g/mol. The molecule has 0 aliphatic heterocycles. The summed E-state index contributed by atoms with van der Waals surface area (Å²) in [6.45, 7) is 7.42. The van der Waals surface area contributed by atoms with E-state index >= 15 is 0 Å². The van der Waals surface area contributed by atoms with Gasteiger partial charge in [-0.15, -0.1) is 0 Å². The standard InChI is InChI=1S/C50H28N6/c1-53-39-18-14-34(15-19-39)37-17-21-43-41-7-3-5-9-46(41)56(49(43)27-37)50-28-38(31-52)47(29-44(50)35-22-24-54-25-23-35)55-45-8-4-2-6-40(45)42-20-16-36(26-48(42)55)33-12-10-32(30-51)11-13-33/h2-29H. The van der Waals surface area contributed by atoms with E-state index < -0.39 is 0 Å². The Morgan fingerprint density at radius 1 is 0.464 bits per heavy atom. The topological polar surface area (TPSA) is 74.7 Å². The van der Waals surface area contributed by atoms with Crippen molar-refractivity contribution in [2.45, 2.75) is 0 Å². The number of hydrogen-bond donors (Lipinski definition) is 0. The molecule has 0 saturated heterocycles. The predicted molar refractivity (Wildman–Crippen MR) is 225 cm³/mol. The van der Waals surface area contributed by atoms with Crippen LogP contribution in [0.1, 0.15) is 11.1 Å². The zero-order chi connectivity index (χ0) is 37.8. The van der Waals surface area contributed by atoms with Crippen LogP contribution < -0.4 is 0 Å². The lowest BCUT2D eigenvalue weighted by molar-refractivity contribution is 1.13. The van der Waals surface area contributed by atoms with Crippen LogP contribution in [-0.4, -0.2) is 14.1 Å². The second-order valence-corrected chi connectivity index (χ2v) is 13.8. The van der Waals surface area contributed by atoms with Crippen LogP contribution in [0, 0.1) is 29.2 Å². The van der Waals surface area contributed by atoms with Gasteiger partial charge in [-0.1, -0.05) is 97.1 Å². The molecule has 6 heteroatoms. The molecule has 0 fully saturated rings. The zero-order valence-corrected chi connectivity index (χ0v) is 29.8. The SMILES string of the molecule is [C-]#[N+]c1ccc(-c2ccc3c4ccccc4n(-c4cc(C#N)c(-n5c6ccccc6c6ccc(-c7ccc(C#N)cc7)cc65)cc4-c4ccncc4)c3c2)cc1. The normalized spacial score (nSPS) is 11.2. The van der Waals surface area contributed by atoms with Crippen molar-refractivity contribution in [1.29, 1.82) is 10.5 Å². The Morgan fingerprint density at radius 2 is 0.982 bits per heavy atom. The number of fused-ring (bicyclic) bond motifs is 6. The second-order valence-electron chi connectivity index (χ2n) is 13.8. The lowest BCUT2D eigenvalue weighted by Crippen LogP contribution is -2.04. The summed E-state index contributed by atoms with van der Waals surface area (Å²) in [6.07, 6.45) is 3.61. The summed E-state index contributed by atoms with van der Waals surface area (Å²) >= 11 is 0. The van der Waals surface area contributed by atoms with Crippen molar-refractivity contribution in [1.82, 2.24) is 14.1 Å². The van der Waals surface area contributed by atoms with Crippen LogP contribution in [0.3, 0.4) is 0 Å². The Hall–Kier alpha value is -8.24. The van der Waals surface area contributed by atoms with Crippen LogP contribution in [0.4, 0.5) is 5.69 Å². The van der Waals surface area contributed by atoms with Crippen LogP contribution >= 0.6 is 0 Å². The molecule has 258 valence electrons. The Bertz CT molecular complexity index is 3310. The molecule has 0 spiro atoms. The Labute approximate surface area is 322 Å². The van der Waals surface area contributed by atoms with Gasteiger partial charge in [0.15, 0.2) is 5.69 Å². The molecular weight excluding hydrogens is 685 g/mol. The minimum Gasteiger partial charge on any atom is -0.309 e. The Morgan fingerprint density at radius 3 is 1.54 bits per heavy atom. The van der Waals surface area contributed by atoms with Gasteiger partial charge in [0.25, 0.3) is 0 Å². The lowest BCUT2D eigenvalue weighted by Gasteiger charge is -2.19. The molecule has 0 aliphatic rings. The third-order valence-electron chi connectivity index (χ3n) is 10.7. The third kappa shape index (κ3) is 5.12. The summed E-state index contributed by atoms with van der Waals surface area (Å²) in [4.78, 5) is 7.94. The van der Waals surface area contributed by atoms with E-state index in [-0.39, 0.29) is 0 Å². The number of para-hydroxylation sites is 2. The van der Waals surface area contributed by atoms with Gasteiger partial charge < -0.3 is 9.13 Å². The van der Waals surface area contributed by atoms with Gasteiger partial charge in [-0.3, -0.25) is 4.98 Å². The molecule has 0 bridgehead atoms. The summed E-state index contributed by atoms with van der Waals surface area (Å²) in [5.41, 5.74) is 13.4. The molecule has 7 aromatic carbocycles. The van der Waals surface area contributed by atoms with Gasteiger partial charge in [-0.25, -0.2) is 4.85 Å². The fourth-order valence-electron chi connectivity index (χ4n) is 8.08. The minimum absolute atomic E-state index is 0.529. The summed E-state index contributed by atoms with van der Waals surface area (Å²) < 4.78 is 4.48. The molecule has 0 amide bonds. The summed E-state index contributed by atoms with van der Waals surface area (Å²) in [5.74, 6) is 0. The molecule has 0 unspecified atom stereocenters. The van der Waals surface area contributed by atoms with E-state index in [9.17, 15) is 10.5 Å². The smallest absolute Gasteiger partial charge is 0.187 e. The molecule has 0 aliphatic carbocycles. The molecule has 56 heavy (non-hydrogen) atoms. The van der Waals surface area contributed by atoms with Gasteiger partial charge >= 0.3 is 0 Å². The summed E-state index contributed by atoms with van der Waals surface area (Å²) in [5, 5.41) is 24.8. The molecule has 0 saturated carbocycles. The fraction of sp³-hybridized carbons (Fsp3) is 0. The van der Waals surface area contributed by atoms with Crippen molar-refractivity contribution in [3.05, 3.63) is 193 Å². The van der Waals surface area contributed by atoms with Gasteiger partial charge in [0.2, 0.25) is 0 Å². The molecule has 3 heterocycles. The highest BCUT2D eigenvalue weighted by Gasteiger charge is 2.22. The summed E-state index contributed by atoms with van der Waals surface area (Å²) in [6, 6.07) is 58.0. The van der Waals surface area contributed by atoms with E-state index in [1.807, 2.05) is 78.9 Å². The van der Waals surface area contributed by atoms with Crippen molar-refractivity contribution < 1.29 is 0 Å². The van der Waals surface area contributed by atoms with Gasteiger partial charge in [0.05, 0.1) is 57.2 Å². The molecular formula is C50H28N6. The number of aromatic nitrogens is 3. The molecule has 3 aromatic heterocycles. The van der Waals surface area contributed by atoms with E-state index in [0.29, 0.717) is 16.8 Å². The number of pyridine rings is 1. The van der Waals surface area contributed by atoms with Crippen molar-refractivity contribution in [2.75, 3.05) is 0 Å². The van der Waals surface area contributed by atoms with E-state index in [4.69, 9.17) is 6.57 Å². The maximum absolute atomic E-state index is 11.1. The van der Waals surface area contributed by atoms with Crippen LogP contribution in [0.15, 0.2) is 170 Å². The summed E-state index contributed by atoms with van der Waals surface area (Å²) in [7, 11) is 0. The number of nitrogens with zero attached hydrogens (tertiary/aromatic N) is 6. The molecule has 0 N–H and O–H groups in total. The van der Waals surface area contributed by atoms with Gasteiger partial charge in [-0.2, -0.15) is 10.5 Å². The second kappa shape index (κ2) is 13.0.